The highest BCUT2D eigenvalue weighted by Gasteiger charge is 2.66. The molecule has 6 rings (SSSR count). The molecule has 3 aliphatic rings. The van der Waals surface area contributed by atoms with Crippen LogP contribution < -0.4 is 11.4 Å². The Morgan fingerprint density at radius 2 is 1.47 bits per heavy atom. The number of allylic oxidation sites excluding steroid dienone is 4. The van der Waals surface area contributed by atoms with E-state index in [0.29, 0.717) is 16.8 Å². The molecule has 1 aromatic heterocycles. The van der Waals surface area contributed by atoms with Crippen molar-refractivity contribution in [2.24, 2.45) is 10.8 Å². The van der Waals surface area contributed by atoms with Gasteiger partial charge in [0, 0.05) is 11.3 Å². The molecule has 1 saturated carbocycles. The molecule has 0 radical (unpaired) electrons. The van der Waals surface area contributed by atoms with Crippen LogP contribution in [0, 0.1) is 10.8 Å². The molecule has 194 valence electrons. The number of nitrogens with zero attached hydrogens (tertiary/aromatic N) is 3. The van der Waals surface area contributed by atoms with E-state index in [1.165, 1.54) is 9.36 Å². The van der Waals surface area contributed by atoms with Crippen molar-refractivity contribution in [2.45, 2.75) is 52.6 Å². The number of rotatable bonds is 2. The van der Waals surface area contributed by atoms with Crippen LogP contribution in [-0.2, 0) is 16.1 Å². The number of phenolic OH excluding ortho intramolecular Hbond substituents is 1. The van der Waals surface area contributed by atoms with Gasteiger partial charge in [-0.25, -0.2) is 23.5 Å². The lowest BCUT2D eigenvalue weighted by atomic mass is 9.43. The Morgan fingerprint density at radius 3 is 2.13 bits per heavy atom. The van der Waals surface area contributed by atoms with Crippen LogP contribution in [0.5, 0.6) is 5.75 Å². The van der Waals surface area contributed by atoms with Crippen LogP contribution in [0.15, 0.2) is 87.0 Å². The number of aromatic nitrogens is 3. The number of carbonyl (C=O) groups is 2. The summed E-state index contributed by atoms with van der Waals surface area (Å²) in [6, 6.07) is 14.9. The molecule has 0 bridgehead atoms. The summed E-state index contributed by atoms with van der Waals surface area (Å²) in [6.45, 7) is 7.24. The summed E-state index contributed by atoms with van der Waals surface area (Å²) in [4.78, 5) is 55.4. The largest absolute Gasteiger partial charge is 0.508 e. The first kappa shape index (κ1) is 24.2. The smallest absolute Gasteiger partial charge is 0.352 e. The molecule has 3 aromatic rings. The number of phenols is 1. The maximum absolute atomic E-state index is 14.1. The van der Waals surface area contributed by atoms with Gasteiger partial charge in [-0.15, -0.1) is 0 Å². The van der Waals surface area contributed by atoms with E-state index in [9.17, 15) is 24.3 Å². The monoisotopic (exact) mass is 511 g/mol. The Kier molecular flexibility index (Phi) is 5.02. The third-order valence-corrected chi connectivity index (χ3v) is 9.36. The average molecular weight is 512 g/mol. The van der Waals surface area contributed by atoms with E-state index >= 15 is 0 Å². The molecule has 2 heterocycles. The van der Waals surface area contributed by atoms with Crippen LogP contribution >= 0.6 is 0 Å². The highest BCUT2D eigenvalue weighted by atomic mass is 16.3. The second-order valence-corrected chi connectivity index (χ2v) is 11.1. The molecule has 2 aliphatic carbocycles. The van der Waals surface area contributed by atoms with E-state index in [4.69, 9.17) is 0 Å². The zero-order valence-electron chi connectivity index (χ0n) is 21.8. The lowest BCUT2D eigenvalue weighted by Gasteiger charge is -2.58. The SMILES string of the molecule is CC1=C(C)C(=O)[C@@]2(C)[C@@H](c3ccc(O)cc3)C3=CCn4c(=O)n(-c5ccccc5)c(=O)n4[C@@H]3C[C@@]2(C)C1=O. The van der Waals surface area contributed by atoms with Crippen LogP contribution in [-0.4, -0.2) is 30.6 Å². The molecule has 0 spiro atoms. The second kappa shape index (κ2) is 7.90. The third-order valence-electron chi connectivity index (χ3n) is 9.36. The quantitative estimate of drug-likeness (QED) is 0.529. The summed E-state index contributed by atoms with van der Waals surface area (Å²) >= 11 is 0. The Morgan fingerprint density at radius 1 is 0.842 bits per heavy atom. The minimum absolute atomic E-state index is 0.0910. The number of hydrogen-bond acceptors (Lipinski definition) is 5. The maximum Gasteiger partial charge on any atom is 0.352 e. The molecule has 1 N–H and O–H groups in total. The molecular weight excluding hydrogens is 482 g/mol. The Bertz CT molecular complexity index is 1700. The normalized spacial score (nSPS) is 28.5. The molecule has 8 heteroatoms. The van der Waals surface area contributed by atoms with Crippen LogP contribution in [0.1, 0.15) is 51.6 Å². The summed E-state index contributed by atoms with van der Waals surface area (Å²) in [5, 5.41) is 9.98. The number of para-hydroxylation sites is 1. The molecule has 1 aliphatic heterocycles. The Balaban J connectivity index is 1.64. The fraction of sp³-hybridized carbons (Fsp3) is 0.333. The van der Waals surface area contributed by atoms with E-state index in [0.717, 1.165) is 15.7 Å². The van der Waals surface area contributed by atoms with Gasteiger partial charge in [-0.3, -0.25) is 9.59 Å². The summed E-state index contributed by atoms with van der Waals surface area (Å²) in [7, 11) is 0. The zero-order chi connectivity index (χ0) is 27.1. The average Bonchev–Trinajstić information content (AvgIpc) is 3.17. The maximum atomic E-state index is 14.1. The van der Waals surface area contributed by atoms with Gasteiger partial charge >= 0.3 is 11.4 Å². The highest BCUT2D eigenvalue weighted by molar-refractivity contribution is 6.17. The molecule has 4 atom stereocenters. The summed E-state index contributed by atoms with van der Waals surface area (Å²) in [5.74, 6) is -0.654. The molecule has 2 aromatic carbocycles. The molecule has 8 nitrogen and oxygen atoms in total. The first-order chi connectivity index (χ1) is 18.0. The van der Waals surface area contributed by atoms with E-state index in [2.05, 4.69) is 0 Å². The fourth-order valence-corrected chi connectivity index (χ4v) is 7.04. The summed E-state index contributed by atoms with van der Waals surface area (Å²) < 4.78 is 4.05. The molecule has 0 saturated heterocycles. The number of aromatic hydroxyl groups is 1. The van der Waals surface area contributed by atoms with Gasteiger partial charge in [0.05, 0.1) is 23.7 Å². The van der Waals surface area contributed by atoms with Crippen molar-refractivity contribution in [2.75, 3.05) is 0 Å². The van der Waals surface area contributed by atoms with Crippen molar-refractivity contribution in [3.8, 4) is 11.4 Å². The third kappa shape index (κ3) is 2.85. The lowest BCUT2D eigenvalue weighted by molar-refractivity contribution is -0.151. The first-order valence-electron chi connectivity index (χ1n) is 12.8. The second-order valence-electron chi connectivity index (χ2n) is 11.1. The van der Waals surface area contributed by atoms with E-state index in [-0.39, 0.29) is 30.3 Å². The van der Waals surface area contributed by atoms with Gasteiger partial charge < -0.3 is 5.11 Å². The lowest BCUT2D eigenvalue weighted by Crippen LogP contribution is -2.61. The van der Waals surface area contributed by atoms with Crippen molar-refractivity contribution in [1.82, 2.24) is 13.9 Å². The molecule has 0 unspecified atom stereocenters. The Labute approximate surface area is 219 Å². The van der Waals surface area contributed by atoms with Gasteiger partial charge in [0.15, 0.2) is 11.6 Å². The van der Waals surface area contributed by atoms with E-state index < -0.39 is 34.2 Å². The molecule has 0 amide bonds. The minimum atomic E-state index is -1.13. The van der Waals surface area contributed by atoms with Gasteiger partial charge in [-0.1, -0.05) is 50.3 Å². The van der Waals surface area contributed by atoms with E-state index in [1.807, 2.05) is 26.0 Å². The van der Waals surface area contributed by atoms with Crippen molar-refractivity contribution in [3.63, 3.8) is 0 Å². The van der Waals surface area contributed by atoms with Gasteiger partial charge in [0.1, 0.15) is 5.75 Å². The Hall–Kier alpha value is -4.20. The topological polar surface area (TPSA) is 103 Å². The predicted molar refractivity (Wildman–Crippen MR) is 141 cm³/mol. The standard InChI is InChI=1S/C30H29N3O5/c1-17-18(2)26(36)30(4)24(19-10-12-21(34)13-11-19)22-14-15-31-27(37)32(20-8-6-5-7-9-20)28(38)33(31)23(22)16-29(30,3)25(17)35/h5-14,23-24,34H,15-16H2,1-4H3/t23-,24+,29+,30-/m1/s1. The number of benzene rings is 2. The van der Waals surface area contributed by atoms with Crippen LogP contribution in [0.3, 0.4) is 0 Å². The predicted octanol–water partition coefficient (Wildman–Crippen LogP) is 3.68. The van der Waals surface area contributed by atoms with Gasteiger partial charge in [0.2, 0.25) is 0 Å². The van der Waals surface area contributed by atoms with Crippen molar-refractivity contribution in [1.29, 1.82) is 0 Å². The van der Waals surface area contributed by atoms with Crippen molar-refractivity contribution in [3.05, 3.63) is 104 Å². The molecule has 1 fully saturated rings. The van der Waals surface area contributed by atoms with Crippen molar-refractivity contribution < 1.29 is 14.7 Å². The highest BCUT2D eigenvalue weighted by Crippen LogP contribution is 2.66. The first-order valence-corrected chi connectivity index (χ1v) is 12.8. The molecular formula is C30H29N3O5. The number of hydrogen-bond donors (Lipinski definition) is 1. The fourth-order valence-electron chi connectivity index (χ4n) is 7.04. The number of Topliss-reactive ketones (excluding diaryl/α,β-unsaturated/α-hetero) is 2. The number of carbonyl (C=O) groups excluding carboxylic acids is 2. The van der Waals surface area contributed by atoms with Crippen molar-refractivity contribution >= 4 is 11.6 Å². The van der Waals surface area contributed by atoms with Gasteiger partial charge in [0.25, 0.3) is 0 Å². The molecule has 38 heavy (non-hydrogen) atoms. The minimum Gasteiger partial charge on any atom is -0.508 e. The number of fused-ring (bicyclic) bond motifs is 4. The number of ketones is 2. The van der Waals surface area contributed by atoms with Gasteiger partial charge in [-0.05, 0) is 66.8 Å². The van der Waals surface area contributed by atoms with Crippen LogP contribution in [0.4, 0.5) is 0 Å². The van der Waals surface area contributed by atoms with Gasteiger partial charge in [-0.2, -0.15) is 0 Å². The summed E-state index contributed by atoms with van der Waals surface area (Å²) in [6.07, 6.45) is 2.14. The zero-order valence-corrected chi connectivity index (χ0v) is 21.8. The summed E-state index contributed by atoms with van der Waals surface area (Å²) in [5.41, 5.74) is -0.221. The van der Waals surface area contributed by atoms with E-state index in [1.54, 1.807) is 62.4 Å². The van der Waals surface area contributed by atoms with Crippen LogP contribution in [0.2, 0.25) is 0 Å². The van der Waals surface area contributed by atoms with Crippen LogP contribution in [0.25, 0.3) is 5.69 Å².